The molecule has 0 spiro atoms. The van der Waals surface area contributed by atoms with Gasteiger partial charge in [0.2, 0.25) is 5.91 Å². The maximum Gasteiger partial charge on any atom is 0.220 e. The summed E-state index contributed by atoms with van der Waals surface area (Å²) >= 11 is 0. The first-order chi connectivity index (χ1) is 48.6. The van der Waals surface area contributed by atoms with Crippen LogP contribution in [-0.4, -0.2) is 140 Å². The smallest absolute Gasteiger partial charge is 0.220 e. The number of unbranched alkanes of at least 4 members (excludes halogenated alkanes) is 44. The Bertz CT molecular complexity index is 1990. The van der Waals surface area contributed by atoms with Crippen LogP contribution in [0.15, 0.2) is 85.1 Å². The van der Waals surface area contributed by atoms with Crippen LogP contribution < -0.4 is 5.32 Å². The van der Waals surface area contributed by atoms with Gasteiger partial charge in [0.15, 0.2) is 12.6 Å². The largest absolute Gasteiger partial charge is 0.394 e. The third kappa shape index (κ3) is 51.1. The number of carbonyl (C=O) groups excluding carboxylic acids is 1. The number of amides is 1. The zero-order valence-corrected chi connectivity index (χ0v) is 63.2. The van der Waals surface area contributed by atoms with Gasteiger partial charge in [-0.15, -0.1) is 0 Å². The lowest BCUT2D eigenvalue weighted by Gasteiger charge is -2.46. The van der Waals surface area contributed by atoms with E-state index in [1.807, 2.05) is 6.08 Å². The quantitative estimate of drug-likeness (QED) is 0.0204. The average molecular weight is 1400 g/mol. The van der Waals surface area contributed by atoms with Crippen molar-refractivity contribution in [2.75, 3.05) is 19.8 Å². The van der Waals surface area contributed by atoms with Crippen LogP contribution in [0.5, 0.6) is 0 Å². The maximum atomic E-state index is 13.4. The van der Waals surface area contributed by atoms with E-state index >= 15 is 0 Å². The van der Waals surface area contributed by atoms with Crippen LogP contribution in [-0.2, 0) is 23.7 Å². The van der Waals surface area contributed by atoms with Crippen molar-refractivity contribution in [3.05, 3.63) is 85.1 Å². The van der Waals surface area contributed by atoms with Gasteiger partial charge in [0.25, 0.3) is 0 Å². The Hall–Kier alpha value is -2.83. The van der Waals surface area contributed by atoms with Gasteiger partial charge in [-0.3, -0.25) is 4.79 Å². The summed E-state index contributed by atoms with van der Waals surface area (Å²) in [4.78, 5) is 13.4. The fourth-order valence-electron chi connectivity index (χ4n) is 13.4. The summed E-state index contributed by atoms with van der Waals surface area (Å²) in [6.45, 7) is 2.74. The van der Waals surface area contributed by atoms with Crippen LogP contribution in [0.3, 0.4) is 0 Å². The Balaban J connectivity index is 1.60. The zero-order chi connectivity index (χ0) is 71.5. The molecule has 12 atom stereocenters. The summed E-state index contributed by atoms with van der Waals surface area (Å²) in [5.74, 6) is -0.235. The SMILES string of the molecule is CC/C=C\C/C=C\C/C=C\C/C=C\C/C=C\C/C=C\CCCCCCCCCCCCCCCCCCCCC(=O)NC(COC1OC(CO)C(OC2OC(CO)C(O)C(O)C2O)C(O)C1O)C(O)/C=C/CCCCCCCCCCCCCCCCCCCCCCCCCCCC. The van der Waals surface area contributed by atoms with E-state index < -0.39 is 86.8 Å². The molecule has 2 rings (SSSR count). The molecule has 9 N–H and O–H groups in total. The van der Waals surface area contributed by atoms with Crippen molar-refractivity contribution < 1.29 is 64.6 Å². The van der Waals surface area contributed by atoms with Crippen LogP contribution >= 0.6 is 0 Å². The molecule has 0 aromatic heterocycles. The van der Waals surface area contributed by atoms with Gasteiger partial charge in [-0.25, -0.2) is 0 Å². The monoisotopic (exact) mass is 1400 g/mol. The van der Waals surface area contributed by atoms with Crippen molar-refractivity contribution in [2.24, 2.45) is 0 Å². The summed E-state index contributed by atoms with van der Waals surface area (Å²) in [6.07, 6.45) is 79.5. The minimum atomic E-state index is -1.79. The van der Waals surface area contributed by atoms with Gasteiger partial charge < -0.3 is 65.1 Å². The highest BCUT2D eigenvalue weighted by molar-refractivity contribution is 5.76. The van der Waals surface area contributed by atoms with Crippen molar-refractivity contribution >= 4 is 5.91 Å². The summed E-state index contributed by atoms with van der Waals surface area (Å²) in [6, 6.07) is -0.919. The van der Waals surface area contributed by atoms with E-state index in [4.69, 9.17) is 18.9 Å². The summed E-state index contributed by atoms with van der Waals surface area (Å²) in [5.41, 5.74) is 0. The Morgan fingerprint density at radius 1 is 0.374 bits per heavy atom. The molecule has 12 unspecified atom stereocenters. The number of carbonyl (C=O) groups is 1. The highest BCUT2D eigenvalue weighted by Gasteiger charge is 2.51. The molecule has 0 aromatic rings. The number of ether oxygens (including phenoxy) is 4. The fraction of sp³-hybridized carbons (Fsp3) is 0.824. The van der Waals surface area contributed by atoms with E-state index in [1.54, 1.807) is 6.08 Å². The first kappa shape index (κ1) is 92.3. The Kier molecular flexibility index (Phi) is 63.6. The molecule has 2 heterocycles. The Morgan fingerprint density at radius 2 is 0.697 bits per heavy atom. The molecular weight excluding hydrogens is 1240 g/mol. The van der Waals surface area contributed by atoms with Gasteiger partial charge in [-0.2, -0.15) is 0 Å². The number of hydrogen-bond donors (Lipinski definition) is 9. The number of hydrogen-bond acceptors (Lipinski definition) is 13. The topological polar surface area (TPSA) is 228 Å². The predicted molar refractivity (Wildman–Crippen MR) is 410 cm³/mol. The van der Waals surface area contributed by atoms with Crippen molar-refractivity contribution in [3.8, 4) is 0 Å². The molecule has 99 heavy (non-hydrogen) atoms. The summed E-state index contributed by atoms with van der Waals surface area (Å²) < 4.78 is 22.9. The fourth-order valence-corrected chi connectivity index (χ4v) is 13.4. The molecule has 1 amide bonds. The second kappa shape index (κ2) is 68.3. The minimum Gasteiger partial charge on any atom is -0.394 e. The van der Waals surface area contributed by atoms with Crippen LogP contribution in [0.1, 0.15) is 354 Å². The number of rotatable bonds is 69. The average Bonchev–Trinajstić information content (AvgIpc) is 0.793. The van der Waals surface area contributed by atoms with Gasteiger partial charge in [-0.1, -0.05) is 362 Å². The summed E-state index contributed by atoms with van der Waals surface area (Å²) in [5, 5.41) is 87.8. The van der Waals surface area contributed by atoms with Crippen molar-refractivity contribution in [2.45, 2.75) is 428 Å². The Labute approximate surface area is 605 Å². The first-order valence-electron chi connectivity index (χ1n) is 41.3. The van der Waals surface area contributed by atoms with Crippen molar-refractivity contribution in [1.29, 1.82) is 0 Å². The molecule has 0 saturated carbocycles. The molecule has 2 aliphatic heterocycles. The molecule has 2 saturated heterocycles. The van der Waals surface area contributed by atoms with Crippen molar-refractivity contribution in [3.63, 3.8) is 0 Å². The lowest BCUT2D eigenvalue weighted by Crippen LogP contribution is -2.65. The second-order valence-electron chi connectivity index (χ2n) is 28.9. The highest BCUT2D eigenvalue weighted by Crippen LogP contribution is 2.30. The lowest BCUT2D eigenvalue weighted by molar-refractivity contribution is -0.359. The molecule has 0 radical (unpaired) electrons. The molecular formula is C85H153NO13. The van der Waals surface area contributed by atoms with E-state index in [9.17, 15) is 45.6 Å². The molecule has 14 nitrogen and oxygen atoms in total. The third-order valence-corrected chi connectivity index (χ3v) is 19.8. The molecule has 14 heteroatoms. The predicted octanol–water partition coefficient (Wildman–Crippen LogP) is 19.1. The van der Waals surface area contributed by atoms with Crippen LogP contribution in [0, 0.1) is 0 Å². The van der Waals surface area contributed by atoms with Crippen LogP contribution in [0.25, 0.3) is 0 Å². The highest BCUT2D eigenvalue weighted by atomic mass is 16.7. The number of aliphatic hydroxyl groups is 8. The summed E-state index contributed by atoms with van der Waals surface area (Å²) in [7, 11) is 0. The second-order valence-corrected chi connectivity index (χ2v) is 28.9. The van der Waals surface area contributed by atoms with Gasteiger partial charge in [0.05, 0.1) is 32.0 Å². The standard InChI is InChI=1S/C85H153NO13/c1-3-5-7-9-11-13-15-17-19-21-23-25-27-29-31-33-34-35-36-37-38-39-40-41-43-45-47-49-51-53-55-57-59-61-63-65-67-69-77(90)86-73(72-96-84-82(95)80(93)83(76(71-88)98-84)99-85-81(94)79(92)78(91)75(70-87)97-85)74(89)68-66-64-62-60-58-56-54-52-50-48-46-44-42-32-30-28-26-24-22-20-18-16-14-12-10-8-6-4-2/h5,7,11,13,17,19,23,25,29,31,34-35,66,68,73-76,78-85,87-89,91-95H,3-4,6,8-10,12,14-16,18,20-22,24,26-28,30,32-33,36-65,67,69-72H2,1-2H3,(H,86,90)/b7-5-,13-11-,19-17-,25-23-,31-29-,35-34-,68-66+. The van der Waals surface area contributed by atoms with Crippen molar-refractivity contribution in [1.82, 2.24) is 5.32 Å². The van der Waals surface area contributed by atoms with Crippen LogP contribution in [0.4, 0.5) is 0 Å². The molecule has 2 fully saturated rings. The van der Waals surface area contributed by atoms with Gasteiger partial charge in [0.1, 0.15) is 48.8 Å². The van der Waals surface area contributed by atoms with Gasteiger partial charge in [-0.05, 0) is 70.6 Å². The van der Waals surface area contributed by atoms with E-state index in [2.05, 4.69) is 92.1 Å². The molecule has 0 aliphatic carbocycles. The molecule has 576 valence electrons. The van der Waals surface area contributed by atoms with E-state index in [1.165, 1.54) is 250 Å². The number of allylic oxidation sites excluding steroid dienone is 13. The normalized spacial score (nSPS) is 22.4. The third-order valence-electron chi connectivity index (χ3n) is 19.8. The van der Waals surface area contributed by atoms with E-state index in [-0.39, 0.29) is 18.9 Å². The minimum absolute atomic E-state index is 0.235. The first-order valence-corrected chi connectivity index (χ1v) is 41.3. The molecule has 0 bridgehead atoms. The van der Waals surface area contributed by atoms with E-state index in [0.717, 1.165) is 77.0 Å². The zero-order valence-electron chi connectivity index (χ0n) is 63.2. The number of nitrogens with one attached hydrogen (secondary N) is 1. The van der Waals surface area contributed by atoms with Gasteiger partial charge in [0, 0.05) is 6.42 Å². The maximum absolute atomic E-state index is 13.4. The lowest BCUT2D eigenvalue weighted by atomic mass is 9.97. The Morgan fingerprint density at radius 3 is 1.07 bits per heavy atom. The van der Waals surface area contributed by atoms with Gasteiger partial charge >= 0.3 is 0 Å². The number of aliphatic hydroxyl groups excluding tert-OH is 8. The van der Waals surface area contributed by atoms with Crippen LogP contribution in [0.2, 0.25) is 0 Å². The molecule has 0 aromatic carbocycles. The van der Waals surface area contributed by atoms with E-state index in [0.29, 0.717) is 6.42 Å². The molecule has 2 aliphatic rings.